The number of nitrogens with zero attached hydrogens (tertiary/aromatic N) is 1. The Hall–Kier alpha value is -1.98. The molecule has 2 aromatic rings. The third-order valence-electron chi connectivity index (χ3n) is 4.86. The highest BCUT2D eigenvalue weighted by atomic mass is 16.1. The molecule has 5 nitrogen and oxygen atoms in total. The summed E-state index contributed by atoms with van der Waals surface area (Å²) in [5.74, 6) is 0.634. The lowest BCUT2D eigenvalue weighted by molar-refractivity contribution is 0.0920. The third-order valence-corrected chi connectivity index (χ3v) is 4.86. The van der Waals surface area contributed by atoms with Gasteiger partial charge in [0, 0.05) is 30.2 Å². The van der Waals surface area contributed by atoms with E-state index in [0.717, 1.165) is 42.3 Å². The Morgan fingerprint density at radius 2 is 2.14 bits per heavy atom. The van der Waals surface area contributed by atoms with Crippen molar-refractivity contribution in [2.24, 2.45) is 5.92 Å². The molecule has 2 fully saturated rings. The lowest BCUT2D eigenvalue weighted by Crippen LogP contribution is -2.44. The summed E-state index contributed by atoms with van der Waals surface area (Å²) in [5.41, 5.74) is 8.12. The first-order chi connectivity index (χ1) is 10.8. The van der Waals surface area contributed by atoms with Crippen LogP contribution in [-0.4, -0.2) is 29.5 Å². The van der Waals surface area contributed by atoms with Gasteiger partial charge in [0.1, 0.15) is 0 Å². The molecule has 3 unspecified atom stereocenters. The van der Waals surface area contributed by atoms with Crippen molar-refractivity contribution in [3.63, 3.8) is 0 Å². The average Bonchev–Trinajstić information content (AvgIpc) is 3.02. The summed E-state index contributed by atoms with van der Waals surface area (Å²) in [7, 11) is 0. The second-order valence-corrected chi connectivity index (χ2v) is 6.25. The minimum Gasteiger partial charge on any atom is -0.349 e. The van der Waals surface area contributed by atoms with Crippen molar-refractivity contribution in [2.75, 3.05) is 6.54 Å². The predicted octanol–water partition coefficient (Wildman–Crippen LogP) is 1.61. The molecule has 1 aromatic carbocycles. The molecule has 3 atom stereocenters. The van der Waals surface area contributed by atoms with Gasteiger partial charge in [0.2, 0.25) is 0 Å². The standard InChI is InChI=1S/C17H20N4O/c22-17(14-7-8-18-16-4-2-1-3-13(14)16)20-12-5-6-15-11(9-12)10-19-21-15/h1-4,7-8,11-12,15,19,21H,5-6,9-10H2,(H,20,22). The van der Waals surface area contributed by atoms with Gasteiger partial charge in [-0.25, -0.2) is 0 Å². The fourth-order valence-corrected chi connectivity index (χ4v) is 3.69. The predicted molar refractivity (Wildman–Crippen MR) is 85.3 cm³/mol. The summed E-state index contributed by atoms with van der Waals surface area (Å²) >= 11 is 0. The molecular weight excluding hydrogens is 276 g/mol. The molecule has 1 saturated heterocycles. The van der Waals surface area contributed by atoms with Gasteiger partial charge in [0.25, 0.3) is 5.91 Å². The number of hydrazine groups is 1. The highest BCUT2D eigenvalue weighted by molar-refractivity contribution is 6.06. The number of aromatic nitrogens is 1. The van der Waals surface area contributed by atoms with Gasteiger partial charge in [0.15, 0.2) is 0 Å². The lowest BCUT2D eigenvalue weighted by atomic mass is 9.83. The maximum atomic E-state index is 12.6. The van der Waals surface area contributed by atoms with Crippen LogP contribution < -0.4 is 16.2 Å². The fourth-order valence-electron chi connectivity index (χ4n) is 3.69. The molecule has 0 radical (unpaired) electrons. The molecule has 0 bridgehead atoms. The summed E-state index contributed by atoms with van der Waals surface area (Å²) in [4.78, 5) is 17.0. The van der Waals surface area contributed by atoms with Crippen molar-refractivity contribution in [1.29, 1.82) is 0 Å². The second-order valence-electron chi connectivity index (χ2n) is 6.25. The van der Waals surface area contributed by atoms with Gasteiger partial charge >= 0.3 is 0 Å². The van der Waals surface area contributed by atoms with Crippen LogP contribution in [0, 0.1) is 5.92 Å². The molecule has 1 aliphatic heterocycles. The number of rotatable bonds is 2. The Bertz CT molecular complexity index is 697. The minimum absolute atomic E-state index is 0.0148. The van der Waals surface area contributed by atoms with E-state index < -0.39 is 0 Å². The monoisotopic (exact) mass is 296 g/mol. The second kappa shape index (κ2) is 5.66. The molecule has 0 spiro atoms. The molecule has 1 aromatic heterocycles. The zero-order chi connectivity index (χ0) is 14.9. The van der Waals surface area contributed by atoms with E-state index in [0.29, 0.717) is 12.0 Å². The van der Waals surface area contributed by atoms with E-state index in [1.54, 1.807) is 6.20 Å². The van der Waals surface area contributed by atoms with Crippen molar-refractivity contribution in [3.8, 4) is 0 Å². The maximum absolute atomic E-state index is 12.6. The molecule has 114 valence electrons. The Balaban J connectivity index is 1.52. The molecule has 1 saturated carbocycles. The number of carbonyl (C=O) groups excluding carboxylic acids is 1. The van der Waals surface area contributed by atoms with Crippen LogP contribution in [-0.2, 0) is 0 Å². The topological polar surface area (TPSA) is 66.1 Å². The van der Waals surface area contributed by atoms with Crippen LogP contribution in [0.3, 0.4) is 0 Å². The van der Waals surface area contributed by atoms with Crippen molar-refractivity contribution in [1.82, 2.24) is 21.2 Å². The van der Waals surface area contributed by atoms with Gasteiger partial charge in [-0.1, -0.05) is 18.2 Å². The summed E-state index contributed by atoms with van der Waals surface area (Å²) in [6.45, 7) is 0.995. The highest BCUT2D eigenvalue weighted by Gasteiger charge is 2.34. The summed E-state index contributed by atoms with van der Waals surface area (Å²) in [6.07, 6.45) is 4.89. The molecule has 4 rings (SSSR count). The van der Waals surface area contributed by atoms with Crippen LogP contribution in [0.5, 0.6) is 0 Å². The number of hydrogen-bond donors (Lipinski definition) is 3. The molecular formula is C17H20N4O. The van der Waals surface area contributed by atoms with Crippen molar-refractivity contribution in [3.05, 3.63) is 42.1 Å². The molecule has 2 heterocycles. The average molecular weight is 296 g/mol. The zero-order valence-electron chi connectivity index (χ0n) is 12.4. The van der Waals surface area contributed by atoms with Gasteiger partial charge in [-0.05, 0) is 37.3 Å². The first kappa shape index (κ1) is 13.7. The van der Waals surface area contributed by atoms with Crippen molar-refractivity contribution >= 4 is 16.8 Å². The normalized spacial score (nSPS) is 27.5. The third kappa shape index (κ3) is 2.46. The molecule has 5 heteroatoms. The minimum atomic E-state index is 0.0148. The fraction of sp³-hybridized carbons (Fsp3) is 0.412. The van der Waals surface area contributed by atoms with Crippen molar-refractivity contribution in [2.45, 2.75) is 31.3 Å². The van der Waals surface area contributed by atoms with Crippen LogP contribution in [0.4, 0.5) is 0 Å². The molecule has 1 amide bonds. The van der Waals surface area contributed by atoms with E-state index in [4.69, 9.17) is 0 Å². The molecule has 3 N–H and O–H groups in total. The molecule has 22 heavy (non-hydrogen) atoms. The first-order valence-electron chi connectivity index (χ1n) is 7.94. The van der Waals surface area contributed by atoms with Crippen LogP contribution in [0.2, 0.25) is 0 Å². The Kier molecular flexibility index (Phi) is 3.52. The quantitative estimate of drug-likeness (QED) is 0.788. The largest absolute Gasteiger partial charge is 0.349 e. The molecule has 1 aliphatic carbocycles. The Labute approximate surface area is 129 Å². The van der Waals surface area contributed by atoms with E-state index in [-0.39, 0.29) is 11.9 Å². The van der Waals surface area contributed by atoms with E-state index in [1.807, 2.05) is 30.3 Å². The van der Waals surface area contributed by atoms with Crippen LogP contribution in [0.15, 0.2) is 36.5 Å². The number of pyridine rings is 1. The van der Waals surface area contributed by atoms with Gasteiger partial charge in [-0.15, -0.1) is 0 Å². The van der Waals surface area contributed by atoms with E-state index in [9.17, 15) is 4.79 Å². The highest BCUT2D eigenvalue weighted by Crippen LogP contribution is 2.27. The zero-order valence-corrected chi connectivity index (χ0v) is 12.4. The number of carbonyl (C=O) groups is 1. The van der Waals surface area contributed by atoms with Crippen LogP contribution in [0.1, 0.15) is 29.6 Å². The number of hydrogen-bond acceptors (Lipinski definition) is 4. The number of benzene rings is 1. The van der Waals surface area contributed by atoms with Gasteiger partial charge in [-0.2, -0.15) is 0 Å². The summed E-state index contributed by atoms with van der Waals surface area (Å²) in [5, 5.41) is 4.13. The Morgan fingerprint density at radius 1 is 1.23 bits per heavy atom. The van der Waals surface area contributed by atoms with Gasteiger partial charge < -0.3 is 5.32 Å². The SMILES string of the molecule is O=C(NC1CCC2NNCC2C1)c1ccnc2ccccc12. The smallest absolute Gasteiger partial charge is 0.252 e. The van der Waals surface area contributed by atoms with E-state index in [2.05, 4.69) is 21.2 Å². The molecule has 2 aliphatic rings. The van der Waals surface area contributed by atoms with Crippen LogP contribution in [0.25, 0.3) is 10.9 Å². The van der Waals surface area contributed by atoms with E-state index >= 15 is 0 Å². The van der Waals surface area contributed by atoms with Crippen LogP contribution >= 0.6 is 0 Å². The maximum Gasteiger partial charge on any atom is 0.252 e. The summed E-state index contributed by atoms with van der Waals surface area (Å²) in [6, 6.07) is 10.4. The van der Waals surface area contributed by atoms with Crippen molar-refractivity contribution < 1.29 is 4.79 Å². The number of nitrogens with one attached hydrogen (secondary N) is 3. The van der Waals surface area contributed by atoms with E-state index in [1.165, 1.54) is 0 Å². The number of para-hydroxylation sites is 1. The van der Waals surface area contributed by atoms with Gasteiger partial charge in [0.05, 0.1) is 11.1 Å². The Morgan fingerprint density at radius 3 is 3.09 bits per heavy atom. The van der Waals surface area contributed by atoms with Gasteiger partial charge in [-0.3, -0.25) is 20.6 Å². The first-order valence-corrected chi connectivity index (χ1v) is 7.94. The number of fused-ring (bicyclic) bond motifs is 2. The lowest BCUT2D eigenvalue weighted by Gasteiger charge is -2.31. The number of amides is 1. The summed E-state index contributed by atoms with van der Waals surface area (Å²) < 4.78 is 0.